The number of hydrogen-bond acceptors (Lipinski definition) is 5. The summed E-state index contributed by atoms with van der Waals surface area (Å²) in [6.45, 7) is 0. The van der Waals surface area contributed by atoms with Gasteiger partial charge in [-0.05, 0) is 18.6 Å². The van der Waals surface area contributed by atoms with Crippen molar-refractivity contribution < 1.29 is 17.9 Å². The van der Waals surface area contributed by atoms with Crippen molar-refractivity contribution in [2.24, 2.45) is 0 Å². The van der Waals surface area contributed by atoms with Crippen molar-refractivity contribution in [1.82, 2.24) is 0 Å². The Balaban J connectivity index is 2.17. The van der Waals surface area contributed by atoms with Crippen molar-refractivity contribution in [2.75, 3.05) is 31.0 Å². The van der Waals surface area contributed by atoms with Crippen molar-refractivity contribution in [3.8, 4) is 11.5 Å². The lowest BCUT2D eigenvalue weighted by Gasteiger charge is -2.16. The number of ether oxygens (including phenoxy) is 2. The van der Waals surface area contributed by atoms with Crippen molar-refractivity contribution in [3.63, 3.8) is 0 Å². The first kappa shape index (κ1) is 13.0. The van der Waals surface area contributed by atoms with Gasteiger partial charge in [0.15, 0.2) is 9.84 Å². The van der Waals surface area contributed by atoms with Gasteiger partial charge in [0, 0.05) is 12.1 Å². The predicted molar refractivity (Wildman–Crippen MR) is 70.2 cm³/mol. The van der Waals surface area contributed by atoms with Crippen LogP contribution in [0.2, 0.25) is 0 Å². The third-order valence-electron chi connectivity index (χ3n) is 3.00. The summed E-state index contributed by atoms with van der Waals surface area (Å²) in [7, 11) is 0.285. The zero-order valence-corrected chi connectivity index (χ0v) is 11.3. The van der Waals surface area contributed by atoms with Gasteiger partial charge in [-0.15, -0.1) is 0 Å². The Morgan fingerprint density at radius 1 is 1.28 bits per heavy atom. The smallest absolute Gasteiger partial charge is 0.152 e. The van der Waals surface area contributed by atoms with E-state index < -0.39 is 9.84 Å². The molecule has 0 amide bonds. The molecule has 1 heterocycles. The van der Waals surface area contributed by atoms with E-state index in [2.05, 4.69) is 5.32 Å². The zero-order valence-electron chi connectivity index (χ0n) is 10.5. The SMILES string of the molecule is COc1ccc(OC)c(NC2CCS(=O)(=O)C2)c1. The second-order valence-electron chi connectivity index (χ2n) is 4.31. The average Bonchev–Trinajstić information content (AvgIpc) is 2.68. The van der Waals surface area contributed by atoms with Crippen LogP contribution in [0.4, 0.5) is 5.69 Å². The molecule has 5 nitrogen and oxygen atoms in total. The lowest BCUT2D eigenvalue weighted by molar-refractivity contribution is 0.404. The van der Waals surface area contributed by atoms with Crippen LogP contribution in [0, 0.1) is 0 Å². The molecule has 0 spiro atoms. The van der Waals surface area contributed by atoms with E-state index >= 15 is 0 Å². The Morgan fingerprint density at radius 2 is 2.06 bits per heavy atom. The van der Waals surface area contributed by atoms with Crippen LogP contribution in [0.15, 0.2) is 18.2 Å². The highest BCUT2D eigenvalue weighted by atomic mass is 32.2. The number of hydrogen-bond donors (Lipinski definition) is 1. The minimum Gasteiger partial charge on any atom is -0.497 e. The van der Waals surface area contributed by atoms with Crippen LogP contribution < -0.4 is 14.8 Å². The molecule has 1 N–H and O–H groups in total. The van der Waals surface area contributed by atoms with Crippen molar-refractivity contribution >= 4 is 15.5 Å². The fourth-order valence-electron chi connectivity index (χ4n) is 2.06. The Hall–Kier alpha value is -1.43. The van der Waals surface area contributed by atoms with Crippen LogP contribution in [0.1, 0.15) is 6.42 Å². The molecule has 1 saturated heterocycles. The van der Waals surface area contributed by atoms with Crippen molar-refractivity contribution in [3.05, 3.63) is 18.2 Å². The number of sulfone groups is 1. The fourth-order valence-corrected chi connectivity index (χ4v) is 3.73. The molecule has 0 saturated carbocycles. The summed E-state index contributed by atoms with van der Waals surface area (Å²) in [5.41, 5.74) is 0.763. The highest BCUT2D eigenvalue weighted by molar-refractivity contribution is 7.91. The standard InChI is InChI=1S/C12H17NO4S/c1-16-10-3-4-12(17-2)11(7-10)13-9-5-6-18(14,15)8-9/h3-4,7,9,13H,5-6,8H2,1-2H3. The van der Waals surface area contributed by atoms with Gasteiger partial charge in [0.2, 0.25) is 0 Å². The Labute approximate surface area is 107 Å². The molecule has 1 aromatic carbocycles. The fraction of sp³-hybridized carbons (Fsp3) is 0.500. The van der Waals surface area contributed by atoms with Gasteiger partial charge in [-0.1, -0.05) is 0 Å². The number of rotatable bonds is 4. The minimum atomic E-state index is -2.89. The second-order valence-corrected chi connectivity index (χ2v) is 6.54. The van der Waals surface area contributed by atoms with Gasteiger partial charge in [-0.2, -0.15) is 0 Å². The Morgan fingerprint density at radius 3 is 2.61 bits per heavy atom. The van der Waals surface area contributed by atoms with Gasteiger partial charge in [0.1, 0.15) is 11.5 Å². The maximum atomic E-state index is 11.4. The van der Waals surface area contributed by atoms with Crippen molar-refractivity contribution in [2.45, 2.75) is 12.5 Å². The van der Waals surface area contributed by atoms with E-state index in [1.807, 2.05) is 6.07 Å². The molecular formula is C12H17NO4S. The summed E-state index contributed by atoms with van der Waals surface area (Å²) in [6.07, 6.45) is 0.628. The maximum absolute atomic E-state index is 11.4. The predicted octanol–water partition coefficient (Wildman–Crippen LogP) is 1.30. The molecule has 1 aliphatic rings. The second kappa shape index (κ2) is 5.06. The Kier molecular flexibility index (Phi) is 3.65. The van der Waals surface area contributed by atoms with Gasteiger partial charge in [-0.25, -0.2) is 8.42 Å². The quantitative estimate of drug-likeness (QED) is 0.894. The summed E-state index contributed by atoms with van der Waals surface area (Å²) in [5.74, 6) is 1.81. The van der Waals surface area contributed by atoms with Gasteiger partial charge >= 0.3 is 0 Å². The first-order valence-electron chi connectivity index (χ1n) is 5.73. The number of methoxy groups -OCH3 is 2. The third kappa shape index (κ3) is 2.87. The van der Waals surface area contributed by atoms with E-state index in [0.717, 1.165) is 5.69 Å². The van der Waals surface area contributed by atoms with Crippen molar-refractivity contribution in [1.29, 1.82) is 0 Å². The van der Waals surface area contributed by atoms with Crippen LogP contribution in [-0.2, 0) is 9.84 Å². The largest absolute Gasteiger partial charge is 0.497 e. The number of anilines is 1. The van der Waals surface area contributed by atoms with E-state index in [0.29, 0.717) is 17.9 Å². The van der Waals surface area contributed by atoms with Gasteiger partial charge in [0.25, 0.3) is 0 Å². The van der Waals surface area contributed by atoms with Gasteiger partial charge in [-0.3, -0.25) is 0 Å². The zero-order chi connectivity index (χ0) is 13.2. The van der Waals surface area contributed by atoms with E-state index in [-0.39, 0.29) is 17.5 Å². The molecule has 1 aromatic rings. The van der Waals surface area contributed by atoms with Crippen LogP contribution >= 0.6 is 0 Å². The lowest BCUT2D eigenvalue weighted by Crippen LogP contribution is -2.20. The normalized spacial score (nSPS) is 21.6. The maximum Gasteiger partial charge on any atom is 0.152 e. The summed E-state index contributed by atoms with van der Waals surface area (Å²) in [6, 6.07) is 5.35. The topological polar surface area (TPSA) is 64.6 Å². The number of benzene rings is 1. The highest BCUT2D eigenvalue weighted by Gasteiger charge is 2.28. The van der Waals surface area contributed by atoms with E-state index in [9.17, 15) is 8.42 Å². The van der Waals surface area contributed by atoms with E-state index in [1.54, 1.807) is 26.4 Å². The monoisotopic (exact) mass is 271 g/mol. The van der Waals surface area contributed by atoms with Crippen LogP contribution in [0.25, 0.3) is 0 Å². The molecule has 1 unspecified atom stereocenters. The molecule has 0 aliphatic carbocycles. The summed E-state index contributed by atoms with van der Waals surface area (Å²) in [4.78, 5) is 0. The van der Waals surface area contributed by atoms with Gasteiger partial charge in [0.05, 0.1) is 31.4 Å². The lowest BCUT2D eigenvalue weighted by atomic mass is 10.2. The molecule has 1 aliphatic heterocycles. The summed E-state index contributed by atoms with van der Waals surface area (Å²) >= 11 is 0. The number of nitrogens with one attached hydrogen (secondary N) is 1. The first-order valence-corrected chi connectivity index (χ1v) is 7.55. The third-order valence-corrected chi connectivity index (χ3v) is 4.77. The molecule has 6 heteroatoms. The molecule has 1 atom stereocenters. The van der Waals surface area contributed by atoms with E-state index in [4.69, 9.17) is 9.47 Å². The molecule has 0 aromatic heterocycles. The Bertz CT molecular complexity index is 527. The summed E-state index contributed by atoms with van der Waals surface area (Å²) in [5, 5.41) is 3.21. The molecular weight excluding hydrogens is 254 g/mol. The van der Waals surface area contributed by atoms with Crippen LogP contribution in [-0.4, -0.2) is 40.2 Å². The van der Waals surface area contributed by atoms with E-state index in [1.165, 1.54) is 0 Å². The molecule has 100 valence electrons. The minimum absolute atomic E-state index is 0.0593. The van der Waals surface area contributed by atoms with Crippen LogP contribution in [0.3, 0.4) is 0 Å². The molecule has 1 fully saturated rings. The average molecular weight is 271 g/mol. The molecule has 0 bridgehead atoms. The molecule has 18 heavy (non-hydrogen) atoms. The van der Waals surface area contributed by atoms with Crippen LogP contribution in [0.5, 0.6) is 11.5 Å². The summed E-state index contributed by atoms with van der Waals surface area (Å²) < 4.78 is 33.2. The first-order chi connectivity index (χ1) is 8.54. The molecule has 0 radical (unpaired) electrons. The molecule has 2 rings (SSSR count). The van der Waals surface area contributed by atoms with Gasteiger partial charge < -0.3 is 14.8 Å². The highest BCUT2D eigenvalue weighted by Crippen LogP contribution is 2.30.